The molecule has 1 aliphatic heterocycles. The molecular weight excluding hydrogens is 614 g/mol. The van der Waals surface area contributed by atoms with E-state index in [4.69, 9.17) is 4.74 Å². The van der Waals surface area contributed by atoms with Crippen LogP contribution in [0.2, 0.25) is 0 Å². The summed E-state index contributed by atoms with van der Waals surface area (Å²) in [6.45, 7) is 5.49. The number of carbonyl (C=O) groups excluding carboxylic acids is 1. The molecule has 0 spiro atoms. The number of aliphatic hydroxyl groups is 1. The van der Waals surface area contributed by atoms with E-state index in [9.17, 15) is 23.1 Å². The Bertz CT molecular complexity index is 1680. The number of nitrogens with zero attached hydrogens (tertiary/aromatic N) is 5. The number of thioether (sulfide) groups is 1. The van der Waals surface area contributed by atoms with Crippen molar-refractivity contribution in [3.8, 4) is 22.8 Å². The van der Waals surface area contributed by atoms with E-state index in [-0.39, 0.29) is 34.1 Å². The summed E-state index contributed by atoms with van der Waals surface area (Å²) in [7, 11) is 0. The van der Waals surface area contributed by atoms with Crippen molar-refractivity contribution in [3.05, 3.63) is 89.7 Å². The van der Waals surface area contributed by atoms with Crippen molar-refractivity contribution < 1.29 is 36.9 Å². The fourth-order valence-corrected chi connectivity index (χ4v) is 5.47. The topological polar surface area (TPSA) is 102 Å². The minimum Gasteiger partial charge on any atom is -0.406 e. The molecule has 0 radical (unpaired) electrons. The van der Waals surface area contributed by atoms with Gasteiger partial charge in [0.2, 0.25) is 5.91 Å². The number of benzene rings is 3. The molecule has 45 heavy (non-hydrogen) atoms. The maximum absolute atomic E-state index is 15.0. The number of amidine groups is 1. The summed E-state index contributed by atoms with van der Waals surface area (Å²) in [5.74, 6) is 0.0934. The van der Waals surface area contributed by atoms with Crippen LogP contribution in [-0.4, -0.2) is 56.1 Å². The van der Waals surface area contributed by atoms with Crippen LogP contribution < -0.4 is 9.64 Å². The lowest BCUT2D eigenvalue weighted by Crippen LogP contribution is -2.31. The van der Waals surface area contributed by atoms with E-state index in [2.05, 4.69) is 19.8 Å². The molecule has 1 fully saturated rings. The molecule has 0 saturated carbocycles. The summed E-state index contributed by atoms with van der Waals surface area (Å²) >= 11 is 1.17. The van der Waals surface area contributed by atoms with Crippen LogP contribution in [0.25, 0.3) is 17.1 Å². The predicted octanol–water partition coefficient (Wildman–Crippen LogP) is 6.70. The number of anilines is 1. The zero-order chi connectivity index (χ0) is 32.3. The fraction of sp³-hybridized carbons (Fsp3) is 0.290. The fourth-order valence-electron chi connectivity index (χ4n) is 4.59. The van der Waals surface area contributed by atoms with Crippen molar-refractivity contribution in [2.24, 2.45) is 4.99 Å². The Morgan fingerprint density at radius 1 is 1.07 bits per heavy atom. The van der Waals surface area contributed by atoms with Crippen molar-refractivity contribution in [2.45, 2.75) is 45.6 Å². The van der Waals surface area contributed by atoms with Gasteiger partial charge in [-0.05, 0) is 59.9 Å². The van der Waals surface area contributed by atoms with Gasteiger partial charge in [0.25, 0.3) is 6.41 Å². The molecule has 2 atom stereocenters. The summed E-state index contributed by atoms with van der Waals surface area (Å²) in [5, 5.41) is 15.1. The molecule has 1 N–H and O–H groups in total. The number of aliphatic imine (C=N–C) groups is 1. The van der Waals surface area contributed by atoms with Gasteiger partial charge in [0.1, 0.15) is 18.2 Å². The van der Waals surface area contributed by atoms with Crippen LogP contribution in [0.5, 0.6) is 5.75 Å². The van der Waals surface area contributed by atoms with Gasteiger partial charge in [0, 0.05) is 5.56 Å². The average molecular weight is 644 g/mol. The maximum Gasteiger partial charge on any atom is 0.573 e. The molecular formula is C31H29F4N5O4S. The zero-order valence-corrected chi connectivity index (χ0v) is 25.2. The lowest BCUT2D eigenvalue weighted by Gasteiger charge is -2.23. The van der Waals surface area contributed by atoms with Gasteiger partial charge in [0.05, 0.1) is 23.7 Å². The van der Waals surface area contributed by atoms with Crippen LogP contribution in [0.4, 0.5) is 23.2 Å². The van der Waals surface area contributed by atoms with E-state index in [0.717, 1.165) is 11.1 Å². The lowest BCUT2D eigenvalue weighted by molar-refractivity contribution is -0.274. The van der Waals surface area contributed by atoms with Crippen molar-refractivity contribution in [1.82, 2.24) is 14.8 Å². The Morgan fingerprint density at radius 3 is 2.44 bits per heavy atom. The highest BCUT2D eigenvalue weighted by Gasteiger charge is 2.33. The molecule has 0 aliphatic carbocycles. The van der Waals surface area contributed by atoms with Crippen LogP contribution in [0.15, 0.2) is 78.0 Å². The first-order valence-corrected chi connectivity index (χ1v) is 14.8. The molecule has 0 bridgehead atoms. The zero-order valence-electron chi connectivity index (χ0n) is 24.4. The number of rotatable bonds is 10. The third-order valence-electron chi connectivity index (χ3n) is 6.78. The minimum absolute atomic E-state index is 0.147. The van der Waals surface area contributed by atoms with Gasteiger partial charge in [-0.1, -0.05) is 62.0 Å². The molecule has 14 heteroatoms. The Hall–Kier alpha value is -4.27. The Kier molecular flexibility index (Phi) is 9.56. The molecule has 3 aromatic carbocycles. The van der Waals surface area contributed by atoms with Gasteiger partial charge in [0.15, 0.2) is 11.0 Å². The third-order valence-corrected chi connectivity index (χ3v) is 7.72. The maximum atomic E-state index is 15.0. The second-order valence-corrected chi connectivity index (χ2v) is 11.4. The van der Waals surface area contributed by atoms with Crippen molar-refractivity contribution in [3.63, 3.8) is 0 Å². The van der Waals surface area contributed by atoms with Gasteiger partial charge in [-0.25, -0.2) is 19.0 Å². The molecule has 1 saturated heterocycles. The van der Waals surface area contributed by atoms with Crippen molar-refractivity contribution in [2.75, 3.05) is 17.3 Å². The molecule has 236 valence electrons. The van der Waals surface area contributed by atoms with E-state index < -0.39 is 25.6 Å². The smallest absolute Gasteiger partial charge is 0.406 e. The van der Waals surface area contributed by atoms with Crippen LogP contribution in [-0.2, 0) is 9.53 Å². The quantitative estimate of drug-likeness (QED) is 0.152. The number of ether oxygens (including phenoxy) is 2. The normalized spacial score (nSPS) is 16.1. The third kappa shape index (κ3) is 7.88. The van der Waals surface area contributed by atoms with Gasteiger partial charge in [-0.15, -0.1) is 18.3 Å². The Labute approximate surface area is 260 Å². The van der Waals surface area contributed by atoms with Crippen LogP contribution in [0.3, 0.4) is 0 Å². The standard InChI is InChI=1S/C31H29F4N5O4S/c1-18(2)24-13-4-19(3)14-26(24)40-27(41)16-45-29(40)37-30(42)43-15-25(32)20-5-7-21(8-6-20)28-36-17-39(38-28)22-9-11-23(12-10-22)44-31(33,34)35/h4-14,17-18,25,30,42H,15-16H2,1-3H3/b37-29-. The number of aryl methyl sites for hydroxylation is 1. The van der Waals surface area contributed by atoms with Crippen LogP contribution in [0.1, 0.15) is 42.6 Å². The van der Waals surface area contributed by atoms with Gasteiger partial charge in [-0.3, -0.25) is 9.69 Å². The van der Waals surface area contributed by atoms with Crippen molar-refractivity contribution in [1.29, 1.82) is 0 Å². The number of amides is 1. The molecule has 1 amide bonds. The second kappa shape index (κ2) is 13.4. The summed E-state index contributed by atoms with van der Waals surface area (Å²) in [5.41, 5.74) is 3.95. The number of hydrogen-bond donors (Lipinski definition) is 1. The van der Waals surface area contributed by atoms with Crippen LogP contribution >= 0.6 is 11.8 Å². The number of carbonyl (C=O) groups is 1. The highest BCUT2D eigenvalue weighted by Crippen LogP contribution is 2.34. The van der Waals surface area contributed by atoms with Gasteiger partial charge < -0.3 is 14.6 Å². The minimum atomic E-state index is -4.79. The predicted molar refractivity (Wildman–Crippen MR) is 162 cm³/mol. The number of aliphatic hydroxyl groups excluding tert-OH is 1. The van der Waals surface area contributed by atoms with Gasteiger partial charge in [-0.2, -0.15) is 0 Å². The van der Waals surface area contributed by atoms with E-state index in [1.165, 1.54) is 64.1 Å². The molecule has 2 unspecified atom stereocenters. The number of alkyl halides is 4. The highest BCUT2D eigenvalue weighted by molar-refractivity contribution is 8.15. The molecule has 2 heterocycles. The largest absolute Gasteiger partial charge is 0.573 e. The summed E-state index contributed by atoms with van der Waals surface area (Å²) in [6.07, 6.45) is -6.66. The summed E-state index contributed by atoms with van der Waals surface area (Å²) < 4.78 is 62.8. The van der Waals surface area contributed by atoms with E-state index in [1.54, 1.807) is 12.1 Å². The molecule has 5 rings (SSSR count). The van der Waals surface area contributed by atoms with Crippen molar-refractivity contribution >= 4 is 28.5 Å². The summed E-state index contributed by atoms with van der Waals surface area (Å²) in [4.78, 5) is 22.6. The molecule has 1 aromatic heterocycles. The summed E-state index contributed by atoms with van der Waals surface area (Å²) in [6, 6.07) is 17.3. The molecule has 9 nitrogen and oxygen atoms in total. The van der Waals surface area contributed by atoms with Crippen LogP contribution in [0, 0.1) is 6.92 Å². The first-order chi connectivity index (χ1) is 21.4. The Morgan fingerprint density at radius 2 is 1.78 bits per heavy atom. The molecule has 1 aliphatic rings. The van der Waals surface area contributed by atoms with E-state index >= 15 is 4.39 Å². The number of halogens is 4. The average Bonchev–Trinajstić information content (AvgIpc) is 3.62. The number of hydrogen-bond acceptors (Lipinski definition) is 8. The first kappa shape index (κ1) is 32.1. The van der Waals surface area contributed by atoms with E-state index in [1.807, 2.05) is 39.0 Å². The molecule has 4 aromatic rings. The lowest BCUT2D eigenvalue weighted by atomic mass is 9.99. The monoisotopic (exact) mass is 643 g/mol. The first-order valence-electron chi connectivity index (χ1n) is 13.8. The Balaban J connectivity index is 1.20. The number of aromatic nitrogens is 3. The second-order valence-electron chi connectivity index (χ2n) is 10.5. The van der Waals surface area contributed by atoms with Gasteiger partial charge >= 0.3 is 6.36 Å². The highest BCUT2D eigenvalue weighted by atomic mass is 32.2. The SMILES string of the molecule is Cc1ccc(C(C)C)c(N2C(=O)CS/C2=N\C(O)OCC(F)c2ccc(-c3ncn(-c4ccc(OC(F)(F)F)cc4)n3)cc2)c1. The van der Waals surface area contributed by atoms with E-state index in [0.29, 0.717) is 22.8 Å².